The summed E-state index contributed by atoms with van der Waals surface area (Å²) in [6.45, 7) is 7.43. The molecule has 1 heterocycles. The lowest BCUT2D eigenvalue weighted by Crippen LogP contribution is -2.52. The summed E-state index contributed by atoms with van der Waals surface area (Å²) in [4.78, 5) is 24.7. The summed E-state index contributed by atoms with van der Waals surface area (Å²) >= 11 is 0. The first-order chi connectivity index (χ1) is 10.3. The molecule has 0 aromatic carbocycles. The largest absolute Gasteiger partial charge is 0.481 e. The first-order valence-corrected chi connectivity index (χ1v) is 8.23. The molecule has 1 rings (SSSR count). The highest BCUT2D eigenvalue weighted by molar-refractivity contribution is 5.68. The van der Waals surface area contributed by atoms with E-state index in [9.17, 15) is 9.59 Å². The Morgan fingerprint density at radius 3 is 2.59 bits per heavy atom. The number of alkyl carbamates (subject to hydrolysis) is 1. The second-order valence-corrected chi connectivity index (χ2v) is 6.90. The predicted molar refractivity (Wildman–Crippen MR) is 84.7 cm³/mol. The number of carbonyl (C=O) groups is 2. The molecule has 1 saturated heterocycles. The molecule has 0 aliphatic carbocycles. The van der Waals surface area contributed by atoms with E-state index in [-0.39, 0.29) is 18.7 Å². The normalized spacial score (nSPS) is 19.7. The number of nitrogens with zero attached hydrogens (tertiary/aromatic N) is 1. The average Bonchev–Trinajstić information content (AvgIpc) is 2.37. The fourth-order valence-corrected chi connectivity index (χ4v) is 2.63. The highest BCUT2D eigenvalue weighted by Crippen LogP contribution is 2.17. The molecule has 128 valence electrons. The summed E-state index contributed by atoms with van der Waals surface area (Å²) < 4.78 is 5.32. The van der Waals surface area contributed by atoms with Crippen LogP contribution >= 0.6 is 0 Å². The van der Waals surface area contributed by atoms with Crippen LogP contribution in [0.5, 0.6) is 0 Å². The van der Waals surface area contributed by atoms with Crippen LogP contribution in [0.15, 0.2) is 0 Å². The molecule has 0 aromatic rings. The van der Waals surface area contributed by atoms with E-state index in [1.165, 1.54) is 0 Å². The van der Waals surface area contributed by atoms with Crippen molar-refractivity contribution >= 4 is 12.1 Å². The van der Waals surface area contributed by atoms with Gasteiger partial charge in [0, 0.05) is 19.5 Å². The Bertz CT molecular complexity index is 366. The molecule has 2 N–H and O–H groups in total. The van der Waals surface area contributed by atoms with E-state index >= 15 is 0 Å². The summed E-state index contributed by atoms with van der Waals surface area (Å²) in [5.74, 6) is -0.734. The molecule has 0 bridgehead atoms. The van der Waals surface area contributed by atoms with Gasteiger partial charge < -0.3 is 15.2 Å². The lowest BCUT2D eigenvalue weighted by Gasteiger charge is -2.36. The number of amides is 1. The number of unbranched alkanes of at least 4 members (excludes halogenated alkanes) is 2. The van der Waals surface area contributed by atoms with E-state index in [1.807, 2.05) is 20.8 Å². The summed E-state index contributed by atoms with van der Waals surface area (Å²) in [7, 11) is 0. The number of hydrogen-bond acceptors (Lipinski definition) is 4. The molecule has 0 spiro atoms. The highest BCUT2D eigenvalue weighted by atomic mass is 16.6. The van der Waals surface area contributed by atoms with Gasteiger partial charge in [0.25, 0.3) is 0 Å². The van der Waals surface area contributed by atoms with Crippen molar-refractivity contribution in [2.75, 3.05) is 13.1 Å². The number of hydrogen-bond donors (Lipinski definition) is 2. The van der Waals surface area contributed by atoms with Crippen LogP contribution < -0.4 is 5.32 Å². The van der Waals surface area contributed by atoms with Gasteiger partial charge in [-0.3, -0.25) is 9.69 Å². The molecule has 1 amide bonds. The summed E-state index contributed by atoms with van der Waals surface area (Å²) in [6, 6.07) is 0. The van der Waals surface area contributed by atoms with Crippen molar-refractivity contribution in [1.29, 1.82) is 0 Å². The summed E-state index contributed by atoms with van der Waals surface area (Å²) in [5, 5.41) is 11.6. The van der Waals surface area contributed by atoms with Crippen LogP contribution in [0, 0.1) is 0 Å². The molecule has 1 fully saturated rings. The van der Waals surface area contributed by atoms with E-state index in [0.717, 1.165) is 45.2 Å². The third-order valence-corrected chi connectivity index (χ3v) is 3.63. The fraction of sp³-hybridized carbons (Fsp3) is 0.875. The van der Waals surface area contributed by atoms with E-state index in [4.69, 9.17) is 9.84 Å². The van der Waals surface area contributed by atoms with Crippen molar-refractivity contribution in [2.45, 2.75) is 77.5 Å². The highest BCUT2D eigenvalue weighted by Gasteiger charge is 2.25. The number of aliphatic carboxylic acids is 1. The summed E-state index contributed by atoms with van der Waals surface area (Å²) in [6.07, 6.45) is 5.67. The fourth-order valence-electron chi connectivity index (χ4n) is 2.63. The van der Waals surface area contributed by atoms with Crippen LogP contribution in [0.3, 0.4) is 0 Å². The van der Waals surface area contributed by atoms with Gasteiger partial charge >= 0.3 is 12.1 Å². The number of rotatable bonds is 7. The third-order valence-electron chi connectivity index (χ3n) is 3.63. The van der Waals surface area contributed by atoms with Gasteiger partial charge in [-0.05, 0) is 52.9 Å². The van der Waals surface area contributed by atoms with Gasteiger partial charge in [-0.2, -0.15) is 0 Å². The van der Waals surface area contributed by atoms with Gasteiger partial charge in [0.2, 0.25) is 0 Å². The molecule has 0 radical (unpaired) electrons. The van der Waals surface area contributed by atoms with Crippen LogP contribution in [0.25, 0.3) is 0 Å². The van der Waals surface area contributed by atoms with Gasteiger partial charge in [-0.15, -0.1) is 0 Å². The summed E-state index contributed by atoms with van der Waals surface area (Å²) in [5.41, 5.74) is -0.486. The maximum atomic E-state index is 11.9. The first kappa shape index (κ1) is 18.7. The lowest BCUT2D eigenvalue weighted by molar-refractivity contribution is -0.137. The predicted octanol–water partition coefficient (Wildman–Crippen LogP) is 2.97. The Morgan fingerprint density at radius 2 is 1.95 bits per heavy atom. The zero-order chi connectivity index (χ0) is 16.6. The average molecular weight is 314 g/mol. The molecule has 1 atom stereocenters. The molecular weight excluding hydrogens is 284 g/mol. The zero-order valence-electron chi connectivity index (χ0n) is 14.1. The van der Waals surface area contributed by atoms with Gasteiger partial charge in [0.05, 0.1) is 6.17 Å². The number of piperidine rings is 1. The van der Waals surface area contributed by atoms with Gasteiger partial charge in [0.15, 0.2) is 0 Å². The van der Waals surface area contributed by atoms with E-state index < -0.39 is 11.6 Å². The van der Waals surface area contributed by atoms with Crippen LogP contribution in [-0.4, -0.2) is 46.9 Å². The third kappa shape index (κ3) is 8.22. The molecule has 0 unspecified atom stereocenters. The molecule has 1 aliphatic rings. The van der Waals surface area contributed by atoms with Crippen molar-refractivity contribution in [1.82, 2.24) is 10.2 Å². The van der Waals surface area contributed by atoms with E-state index in [1.54, 1.807) is 0 Å². The van der Waals surface area contributed by atoms with Crippen molar-refractivity contribution < 1.29 is 19.4 Å². The number of carboxylic acids is 1. The Balaban J connectivity index is 2.33. The number of ether oxygens (including phenoxy) is 1. The minimum absolute atomic E-state index is 0.0306. The van der Waals surface area contributed by atoms with E-state index in [0.29, 0.717) is 6.42 Å². The van der Waals surface area contributed by atoms with Gasteiger partial charge in [0.1, 0.15) is 5.60 Å². The number of nitrogens with one attached hydrogen (secondary N) is 1. The van der Waals surface area contributed by atoms with Crippen LogP contribution in [0.4, 0.5) is 4.79 Å². The SMILES string of the molecule is CC(C)(C)OC(=O)N[C@H]1CCCCN1CCCCCC(=O)O. The smallest absolute Gasteiger partial charge is 0.408 e. The topological polar surface area (TPSA) is 78.9 Å². The Hall–Kier alpha value is -1.30. The second kappa shape index (κ2) is 8.98. The van der Waals surface area contributed by atoms with Crippen LogP contribution in [0.2, 0.25) is 0 Å². The molecule has 6 nitrogen and oxygen atoms in total. The number of carboxylic acid groups (broad SMARTS) is 1. The van der Waals surface area contributed by atoms with Crippen molar-refractivity contribution in [3.63, 3.8) is 0 Å². The van der Waals surface area contributed by atoms with Crippen LogP contribution in [0.1, 0.15) is 65.7 Å². The lowest BCUT2D eigenvalue weighted by atomic mass is 10.1. The van der Waals surface area contributed by atoms with Crippen molar-refractivity contribution in [2.24, 2.45) is 0 Å². The standard InChI is InChI=1S/C16H30N2O4/c1-16(2,3)22-15(21)17-13-9-6-8-12-18(13)11-7-4-5-10-14(19)20/h13H,4-12H2,1-3H3,(H,17,21)(H,19,20)/t13-/m1/s1. The minimum atomic E-state index is -0.734. The quantitative estimate of drug-likeness (QED) is 0.706. The molecule has 22 heavy (non-hydrogen) atoms. The maximum absolute atomic E-state index is 11.9. The molecular formula is C16H30N2O4. The van der Waals surface area contributed by atoms with Crippen LogP contribution in [-0.2, 0) is 9.53 Å². The zero-order valence-corrected chi connectivity index (χ0v) is 14.1. The van der Waals surface area contributed by atoms with Gasteiger partial charge in [-0.25, -0.2) is 4.79 Å². The van der Waals surface area contributed by atoms with Crippen molar-refractivity contribution in [3.05, 3.63) is 0 Å². The monoisotopic (exact) mass is 314 g/mol. The van der Waals surface area contributed by atoms with Gasteiger partial charge in [-0.1, -0.05) is 6.42 Å². The molecule has 6 heteroatoms. The first-order valence-electron chi connectivity index (χ1n) is 8.23. The van der Waals surface area contributed by atoms with Crippen molar-refractivity contribution in [3.8, 4) is 0 Å². The Kier molecular flexibility index (Phi) is 7.65. The second-order valence-electron chi connectivity index (χ2n) is 6.90. The van der Waals surface area contributed by atoms with E-state index in [2.05, 4.69) is 10.2 Å². The minimum Gasteiger partial charge on any atom is -0.481 e. The molecule has 0 aromatic heterocycles. The number of carbonyl (C=O) groups excluding carboxylic acids is 1. The Labute approximate surface area is 133 Å². The molecule has 1 aliphatic heterocycles. The Morgan fingerprint density at radius 1 is 1.23 bits per heavy atom. The maximum Gasteiger partial charge on any atom is 0.408 e. The number of likely N-dealkylation sites (tertiary alicyclic amines) is 1. The molecule has 0 saturated carbocycles.